The van der Waals surface area contributed by atoms with Gasteiger partial charge in [-0.15, -0.1) is 0 Å². The van der Waals surface area contributed by atoms with Gasteiger partial charge in [0, 0.05) is 73.6 Å². The van der Waals surface area contributed by atoms with Gasteiger partial charge in [-0.2, -0.15) is 0 Å². The first-order valence-corrected chi connectivity index (χ1v) is 10.1. The minimum atomic E-state index is -0.214. The molecule has 5 heteroatoms. The van der Waals surface area contributed by atoms with Crippen molar-refractivity contribution in [1.29, 1.82) is 0 Å². The van der Waals surface area contributed by atoms with Crippen molar-refractivity contribution >= 4 is 16.6 Å². The van der Waals surface area contributed by atoms with Gasteiger partial charge < -0.3 is 4.90 Å². The number of fused-ring (bicyclic) bond motifs is 2. The first-order chi connectivity index (χ1) is 13.8. The van der Waals surface area contributed by atoms with Gasteiger partial charge in [0.05, 0.1) is 17.9 Å². The molecule has 2 aliphatic rings. The van der Waals surface area contributed by atoms with Crippen molar-refractivity contribution in [2.75, 3.05) is 31.2 Å². The summed E-state index contributed by atoms with van der Waals surface area (Å²) in [6, 6.07) is 14.7. The van der Waals surface area contributed by atoms with Crippen molar-refractivity contribution in [3.63, 3.8) is 0 Å². The fourth-order valence-electron chi connectivity index (χ4n) is 4.48. The fourth-order valence-corrected chi connectivity index (χ4v) is 4.48. The third kappa shape index (κ3) is 3.35. The number of pyridine rings is 2. The maximum absolute atomic E-state index is 13.0. The molecule has 28 heavy (non-hydrogen) atoms. The highest BCUT2D eigenvalue weighted by atomic mass is 19.1. The maximum Gasteiger partial charge on any atom is 0.0940 e. The van der Waals surface area contributed by atoms with Gasteiger partial charge in [-0.3, -0.25) is 19.3 Å². The summed E-state index contributed by atoms with van der Waals surface area (Å²) in [5.41, 5.74) is 5.95. The highest BCUT2D eigenvalue weighted by Gasteiger charge is 2.28. The summed E-state index contributed by atoms with van der Waals surface area (Å²) in [6.45, 7) is 4.34. The Bertz CT molecular complexity index is 989. The van der Waals surface area contributed by atoms with Gasteiger partial charge in [-0.25, -0.2) is 0 Å². The molecule has 0 spiro atoms. The number of aromatic nitrogens is 2. The normalized spacial score (nSPS) is 19.5. The summed E-state index contributed by atoms with van der Waals surface area (Å²) in [5, 5.41) is 1.19. The van der Waals surface area contributed by atoms with Crippen LogP contribution in [0.2, 0.25) is 0 Å². The van der Waals surface area contributed by atoms with Crippen molar-refractivity contribution in [2.45, 2.75) is 25.9 Å². The van der Waals surface area contributed by atoms with Crippen LogP contribution < -0.4 is 4.90 Å². The van der Waals surface area contributed by atoms with E-state index >= 15 is 0 Å². The Hall–Kier alpha value is -2.53. The Kier molecular flexibility index (Phi) is 4.69. The molecule has 5 rings (SSSR count). The number of halogens is 1. The average molecular weight is 376 g/mol. The van der Waals surface area contributed by atoms with E-state index < -0.39 is 0 Å². The summed E-state index contributed by atoms with van der Waals surface area (Å²) >= 11 is 0. The Morgan fingerprint density at radius 2 is 2.00 bits per heavy atom. The van der Waals surface area contributed by atoms with Crippen LogP contribution in [0, 0.1) is 5.92 Å². The molecule has 0 saturated carbocycles. The van der Waals surface area contributed by atoms with Crippen LogP contribution in [0.3, 0.4) is 0 Å². The number of anilines is 1. The zero-order chi connectivity index (χ0) is 18.9. The lowest BCUT2D eigenvalue weighted by Crippen LogP contribution is -2.23. The molecular weight excluding hydrogens is 351 g/mol. The molecule has 1 atom stereocenters. The van der Waals surface area contributed by atoms with Gasteiger partial charge in [0.2, 0.25) is 0 Å². The average Bonchev–Trinajstić information content (AvgIpc) is 3.38. The van der Waals surface area contributed by atoms with Crippen LogP contribution in [0.15, 0.2) is 48.7 Å². The van der Waals surface area contributed by atoms with Crippen molar-refractivity contribution in [3.8, 4) is 0 Å². The van der Waals surface area contributed by atoms with Gasteiger partial charge in [0.1, 0.15) is 0 Å². The number of benzene rings is 1. The zero-order valence-electron chi connectivity index (χ0n) is 16.0. The van der Waals surface area contributed by atoms with E-state index in [0.29, 0.717) is 0 Å². The molecule has 144 valence electrons. The van der Waals surface area contributed by atoms with E-state index in [4.69, 9.17) is 4.98 Å². The van der Waals surface area contributed by atoms with E-state index in [1.165, 1.54) is 22.3 Å². The molecule has 0 N–H and O–H groups in total. The first-order valence-electron chi connectivity index (χ1n) is 10.1. The van der Waals surface area contributed by atoms with Crippen LogP contribution in [-0.2, 0) is 19.5 Å². The van der Waals surface area contributed by atoms with Crippen molar-refractivity contribution in [1.82, 2.24) is 14.9 Å². The van der Waals surface area contributed by atoms with Gasteiger partial charge in [0.15, 0.2) is 0 Å². The standard InChI is InChI=1S/C23H25FN4/c24-13-17-8-12-28(14-17)23-7-10-25-22-16-27(15-20(22)23)11-9-19-6-5-18-3-1-2-4-21(18)26-19/h1-7,10,17H,8-9,11-16H2. The molecule has 4 nitrogen and oxygen atoms in total. The summed E-state index contributed by atoms with van der Waals surface area (Å²) in [6.07, 6.45) is 3.79. The summed E-state index contributed by atoms with van der Waals surface area (Å²) in [5.74, 6) is 0.181. The van der Waals surface area contributed by atoms with Crippen LogP contribution in [0.4, 0.5) is 10.1 Å². The second kappa shape index (κ2) is 7.47. The highest BCUT2D eigenvalue weighted by Crippen LogP contribution is 2.33. The lowest BCUT2D eigenvalue weighted by molar-refractivity contribution is 0.285. The number of hydrogen-bond acceptors (Lipinski definition) is 4. The van der Waals surface area contributed by atoms with Crippen LogP contribution in [0.1, 0.15) is 23.4 Å². The minimum Gasteiger partial charge on any atom is -0.371 e. The number of nitrogens with zero attached hydrogens (tertiary/aromatic N) is 4. The van der Waals surface area contributed by atoms with E-state index in [1.807, 2.05) is 18.3 Å². The molecule has 0 aliphatic carbocycles. The van der Waals surface area contributed by atoms with Crippen molar-refractivity contribution < 1.29 is 4.39 Å². The third-order valence-corrected chi connectivity index (χ3v) is 6.06. The number of hydrogen-bond donors (Lipinski definition) is 0. The van der Waals surface area contributed by atoms with Crippen molar-refractivity contribution in [2.24, 2.45) is 5.92 Å². The van der Waals surface area contributed by atoms with Crippen LogP contribution in [-0.4, -0.2) is 41.2 Å². The highest BCUT2D eigenvalue weighted by molar-refractivity contribution is 5.78. The van der Waals surface area contributed by atoms with Crippen LogP contribution >= 0.6 is 0 Å². The minimum absolute atomic E-state index is 0.181. The SMILES string of the molecule is FCC1CCN(c2ccnc3c2CN(CCc2ccc4ccccc4n2)C3)C1. The monoisotopic (exact) mass is 376 g/mol. The number of para-hydroxylation sites is 1. The quantitative estimate of drug-likeness (QED) is 0.674. The van der Waals surface area contributed by atoms with E-state index in [0.717, 1.165) is 56.8 Å². The molecule has 4 heterocycles. The van der Waals surface area contributed by atoms with Gasteiger partial charge >= 0.3 is 0 Å². The number of alkyl halides is 1. The molecule has 2 aromatic heterocycles. The van der Waals surface area contributed by atoms with E-state index in [-0.39, 0.29) is 12.6 Å². The predicted molar refractivity (Wildman–Crippen MR) is 110 cm³/mol. The zero-order valence-corrected chi connectivity index (χ0v) is 16.0. The Labute approximate surface area is 165 Å². The van der Waals surface area contributed by atoms with E-state index in [1.54, 1.807) is 0 Å². The second-order valence-corrected chi connectivity index (χ2v) is 7.97. The third-order valence-electron chi connectivity index (χ3n) is 6.06. The Balaban J connectivity index is 1.27. The predicted octanol–water partition coefficient (Wildman–Crippen LogP) is 3.98. The molecule has 0 amide bonds. The maximum atomic E-state index is 13.0. The van der Waals surface area contributed by atoms with E-state index in [9.17, 15) is 4.39 Å². The summed E-state index contributed by atoms with van der Waals surface area (Å²) in [4.78, 5) is 14.2. The summed E-state index contributed by atoms with van der Waals surface area (Å²) < 4.78 is 13.0. The van der Waals surface area contributed by atoms with Crippen LogP contribution in [0.25, 0.3) is 10.9 Å². The van der Waals surface area contributed by atoms with Gasteiger partial charge in [0.25, 0.3) is 0 Å². The first kappa shape index (κ1) is 17.6. The molecule has 1 fully saturated rings. The number of rotatable bonds is 5. The molecule has 0 bridgehead atoms. The molecule has 0 radical (unpaired) electrons. The molecule has 3 aromatic rings. The van der Waals surface area contributed by atoms with Crippen LogP contribution in [0.5, 0.6) is 0 Å². The summed E-state index contributed by atoms with van der Waals surface area (Å²) in [7, 11) is 0. The lowest BCUT2D eigenvalue weighted by atomic mass is 10.1. The Morgan fingerprint density at radius 1 is 1.07 bits per heavy atom. The smallest absolute Gasteiger partial charge is 0.0940 e. The molecular formula is C23H25FN4. The van der Waals surface area contributed by atoms with E-state index in [2.05, 4.69) is 45.1 Å². The Morgan fingerprint density at radius 3 is 2.89 bits per heavy atom. The van der Waals surface area contributed by atoms with Gasteiger partial charge in [-0.1, -0.05) is 24.3 Å². The van der Waals surface area contributed by atoms with Crippen molar-refractivity contribution in [3.05, 3.63) is 65.6 Å². The van der Waals surface area contributed by atoms with Gasteiger partial charge in [-0.05, 0) is 24.6 Å². The topological polar surface area (TPSA) is 32.3 Å². The lowest BCUT2D eigenvalue weighted by Gasteiger charge is -2.21. The molecule has 1 saturated heterocycles. The second-order valence-electron chi connectivity index (χ2n) is 7.97. The molecule has 1 aromatic carbocycles. The molecule has 2 aliphatic heterocycles. The largest absolute Gasteiger partial charge is 0.371 e. The molecule has 1 unspecified atom stereocenters. The fraction of sp³-hybridized carbons (Fsp3) is 0.391.